The summed E-state index contributed by atoms with van der Waals surface area (Å²) in [5.74, 6) is 0.491. The fraction of sp³-hybridized carbons (Fsp3) is 0.562. The molecular weight excluding hydrogens is 250 g/mol. The first-order chi connectivity index (χ1) is 9.83. The van der Waals surface area contributed by atoms with Gasteiger partial charge in [-0.25, -0.2) is 0 Å². The quantitative estimate of drug-likeness (QED) is 0.860. The van der Waals surface area contributed by atoms with Gasteiger partial charge in [0.1, 0.15) is 0 Å². The monoisotopic (exact) mass is 273 g/mol. The van der Waals surface area contributed by atoms with Crippen molar-refractivity contribution in [1.29, 1.82) is 0 Å². The van der Waals surface area contributed by atoms with Crippen molar-refractivity contribution in [2.75, 3.05) is 38.0 Å². The maximum atomic E-state index is 12.0. The van der Waals surface area contributed by atoms with Crippen LogP contribution in [0.15, 0.2) is 24.3 Å². The van der Waals surface area contributed by atoms with Gasteiger partial charge in [-0.15, -0.1) is 0 Å². The van der Waals surface area contributed by atoms with E-state index in [-0.39, 0.29) is 5.91 Å². The van der Waals surface area contributed by atoms with Crippen LogP contribution in [-0.4, -0.2) is 43.5 Å². The smallest absolute Gasteiger partial charge is 0.220 e. The van der Waals surface area contributed by atoms with Gasteiger partial charge in [0, 0.05) is 37.7 Å². The van der Waals surface area contributed by atoms with Gasteiger partial charge in [0.25, 0.3) is 0 Å². The zero-order valence-electron chi connectivity index (χ0n) is 11.9. The summed E-state index contributed by atoms with van der Waals surface area (Å²) in [6.07, 6.45) is 3.20. The van der Waals surface area contributed by atoms with E-state index in [2.05, 4.69) is 27.7 Å². The van der Waals surface area contributed by atoms with Crippen LogP contribution >= 0.6 is 0 Å². The number of rotatable bonds is 5. The van der Waals surface area contributed by atoms with Crippen LogP contribution in [0.4, 0.5) is 5.69 Å². The van der Waals surface area contributed by atoms with Gasteiger partial charge in [0.2, 0.25) is 5.91 Å². The van der Waals surface area contributed by atoms with Crippen molar-refractivity contribution in [2.45, 2.75) is 25.2 Å². The first-order valence-electron chi connectivity index (χ1n) is 7.65. The number of benzene rings is 1. The Hall–Kier alpha value is -1.55. The second kappa shape index (κ2) is 6.27. The number of hydrogen-bond acceptors (Lipinski definition) is 3. The van der Waals surface area contributed by atoms with Crippen molar-refractivity contribution >= 4 is 11.6 Å². The molecule has 0 spiro atoms. The number of likely N-dealkylation sites (tertiary alicyclic amines) is 1. The Morgan fingerprint density at radius 1 is 1.30 bits per heavy atom. The summed E-state index contributed by atoms with van der Waals surface area (Å²) in [6, 6.07) is 8.28. The number of nitrogens with zero attached hydrogens (tertiary/aromatic N) is 1. The third-order valence-corrected chi connectivity index (χ3v) is 4.32. The van der Waals surface area contributed by atoms with Crippen LogP contribution < -0.4 is 10.6 Å². The summed E-state index contributed by atoms with van der Waals surface area (Å²) in [5, 5.41) is 6.43. The predicted molar refractivity (Wildman–Crippen MR) is 81.0 cm³/mol. The topological polar surface area (TPSA) is 44.4 Å². The minimum absolute atomic E-state index is 0.174. The molecule has 1 fully saturated rings. The maximum Gasteiger partial charge on any atom is 0.220 e. The second-order valence-electron chi connectivity index (χ2n) is 5.77. The largest absolute Gasteiger partial charge is 0.384 e. The molecule has 1 aromatic carbocycles. The fourth-order valence-electron chi connectivity index (χ4n) is 3.19. The highest BCUT2D eigenvalue weighted by molar-refractivity contribution is 5.78. The number of amides is 1. The molecule has 3 rings (SSSR count). The van der Waals surface area contributed by atoms with Gasteiger partial charge < -0.3 is 15.5 Å². The zero-order valence-corrected chi connectivity index (χ0v) is 11.9. The van der Waals surface area contributed by atoms with Crippen molar-refractivity contribution in [2.24, 2.45) is 0 Å². The average molecular weight is 273 g/mol. The van der Waals surface area contributed by atoms with Crippen molar-refractivity contribution in [3.8, 4) is 0 Å². The lowest BCUT2D eigenvalue weighted by molar-refractivity contribution is -0.121. The molecule has 0 radical (unpaired) electrons. The maximum absolute atomic E-state index is 12.0. The van der Waals surface area contributed by atoms with Crippen molar-refractivity contribution in [3.05, 3.63) is 29.8 Å². The molecule has 1 amide bonds. The number of nitrogens with one attached hydrogen (secondary N) is 2. The van der Waals surface area contributed by atoms with Crippen LogP contribution in [0.5, 0.6) is 0 Å². The van der Waals surface area contributed by atoms with Crippen LogP contribution in [0.3, 0.4) is 0 Å². The second-order valence-corrected chi connectivity index (χ2v) is 5.77. The lowest BCUT2D eigenvalue weighted by atomic mass is 9.98. The van der Waals surface area contributed by atoms with Crippen LogP contribution in [0, 0.1) is 0 Å². The summed E-state index contributed by atoms with van der Waals surface area (Å²) in [7, 11) is 0. The van der Waals surface area contributed by atoms with E-state index in [1.165, 1.54) is 37.2 Å². The first kappa shape index (κ1) is 13.4. The Bertz CT molecular complexity index is 469. The Morgan fingerprint density at radius 3 is 2.95 bits per heavy atom. The molecule has 1 unspecified atom stereocenters. The number of fused-ring (bicyclic) bond motifs is 1. The van der Waals surface area contributed by atoms with Gasteiger partial charge in [0.05, 0.1) is 0 Å². The lowest BCUT2D eigenvalue weighted by Crippen LogP contribution is -2.34. The van der Waals surface area contributed by atoms with Crippen LogP contribution in [-0.2, 0) is 4.79 Å². The summed E-state index contributed by atoms with van der Waals surface area (Å²) in [6.45, 7) is 5.02. The summed E-state index contributed by atoms with van der Waals surface area (Å²) < 4.78 is 0. The molecule has 4 heteroatoms. The van der Waals surface area contributed by atoms with Crippen LogP contribution in [0.25, 0.3) is 0 Å². The van der Waals surface area contributed by atoms with Crippen LogP contribution in [0.2, 0.25) is 0 Å². The minimum Gasteiger partial charge on any atom is -0.384 e. The van der Waals surface area contributed by atoms with E-state index in [4.69, 9.17) is 0 Å². The zero-order chi connectivity index (χ0) is 13.8. The molecule has 4 nitrogen and oxygen atoms in total. The SMILES string of the molecule is O=C(CC1CNc2ccccc21)NCCN1CCCC1. The van der Waals surface area contributed by atoms with Gasteiger partial charge in [-0.3, -0.25) is 4.79 Å². The van der Waals surface area contributed by atoms with Gasteiger partial charge >= 0.3 is 0 Å². The van der Waals surface area contributed by atoms with Gasteiger partial charge in [-0.1, -0.05) is 18.2 Å². The standard InChI is InChI=1S/C16H23N3O/c20-16(17-7-10-19-8-3-4-9-19)11-13-12-18-15-6-2-1-5-14(13)15/h1-2,5-6,13,18H,3-4,7-12H2,(H,17,20). The Balaban J connectivity index is 1.43. The van der Waals surface area contributed by atoms with E-state index in [0.717, 1.165) is 19.6 Å². The molecule has 20 heavy (non-hydrogen) atoms. The first-order valence-corrected chi connectivity index (χ1v) is 7.65. The highest BCUT2D eigenvalue weighted by Gasteiger charge is 2.23. The predicted octanol–water partition coefficient (Wildman–Crippen LogP) is 1.80. The van der Waals surface area contributed by atoms with Crippen LogP contribution in [0.1, 0.15) is 30.7 Å². The molecule has 2 aliphatic heterocycles. The summed E-state index contributed by atoms with van der Waals surface area (Å²) in [4.78, 5) is 14.4. The molecule has 1 saturated heterocycles. The number of anilines is 1. The molecule has 2 heterocycles. The van der Waals surface area contributed by atoms with Crippen molar-refractivity contribution in [3.63, 3.8) is 0 Å². The minimum atomic E-state index is 0.174. The number of carbonyl (C=O) groups is 1. The third-order valence-electron chi connectivity index (χ3n) is 4.32. The number of carbonyl (C=O) groups excluding carboxylic acids is 1. The number of hydrogen-bond donors (Lipinski definition) is 2. The third kappa shape index (κ3) is 3.12. The lowest BCUT2D eigenvalue weighted by Gasteiger charge is -2.15. The van der Waals surface area contributed by atoms with E-state index >= 15 is 0 Å². The van der Waals surface area contributed by atoms with E-state index in [9.17, 15) is 4.79 Å². The average Bonchev–Trinajstić information content (AvgIpc) is 3.09. The Morgan fingerprint density at radius 2 is 2.10 bits per heavy atom. The molecular formula is C16H23N3O. The van der Waals surface area contributed by atoms with Gasteiger partial charge in [0.15, 0.2) is 0 Å². The molecule has 0 aromatic heterocycles. The number of para-hydroxylation sites is 1. The highest BCUT2D eigenvalue weighted by atomic mass is 16.1. The van der Waals surface area contributed by atoms with Gasteiger partial charge in [-0.05, 0) is 37.6 Å². The fourth-order valence-corrected chi connectivity index (χ4v) is 3.19. The van der Waals surface area contributed by atoms with E-state index in [1.807, 2.05) is 12.1 Å². The van der Waals surface area contributed by atoms with E-state index in [1.54, 1.807) is 0 Å². The van der Waals surface area contributed by atoms with E-state index < -0.39 is 0 Å². The molecule has 2 N–H and O–H groups in total. The van der Waals surface area contributed by atoms with Crippen molar-refractivity contribution in [1.82, 2.24) is 10.2 Å². The molecule has 0 aliphatic carbocycles. The Labute approximate surface area is 120 Å². The van der Waals surface area contributed by atoms with Gasteiger partial charge in [-0.2, -0.15) is 0 Å². The molecule has 108 valence electrons. The Kier molecular flexibility index (Phi) is 4.21. The molecule has 1 aromatic rings. The van der Waals surface area contributed by atoms with E-state index in [0.29, 0.717) is 12.3 Å². The molecule has 0 bridgehead atoms. The molecule has 2 aliphatic rings. The molecule has 1 atom stereocenters. The summed E-state index contributed by atoms with van der Waals surface area (Å²) in [5.41, 5.74) is 2.46. The normalized spacial score (nSPS) is 21.5. The molecule has 0 saturated carbocycles. The van der Waals surface area contributed by atoms with Crippen molar-refractivity contribution < 1.29 is 4.79 Å². The highest BCUT2D eigenvalue weighted by Crippen LogP contribution is 2.32. The summed E-state index contributed by atoms with van der Waals surface area (Å²) >= 11 is 0.